The van der Waals surface area contributed by atoms with Gasteiger partial charge in [-0.2, -0.15) is 4.98 Å². The number of pyridine rings is 1. The molecule has 2 fully saturated rings. The molecule has 2 aliphatic heterocycles. The minimum atomic E-state index is -0.339. The predicted octanol–water partition coefficient (Wildman–Crippen LogP) is 2.79. The summed E-state index contributed by atoms with van der Waals surface area (Å²) in [7, 11) is 2.95. The molecule has 0 radical (unpaired) electrons. The summed E-state index contributed by atoms with van der Waals surface area (Å²) in [4.78, 5) is 37.1. The van der Waals surface area contributed by atoms with Crippen LogP contribution in [0.5, 0.6) is 11.5 Å². The molecule has 13 heteroatoms. The van der Waals surface area contributed by atoms with Gasteiger partial charge in [-0.25, -0.2) is 4.98 Å². The van der Waals surface area contributed by atoms with Crippen LogP contribution >= 0.6 is 23.2 Å². The number of nitrogens with zero attached hydrogens (tertiary/aromatic N) is 4. The van der Waals surface area contributed by atoms with Gasteiger partial charge in [-0.05, 0) is 18.4 Å². The summed E-state index contributed by atoms with van der Waals surface area (Å²) in [5.41, 5.74) is 6.78. The van der Waals surface area contributed by atoms with Crippen molar-refractivity contribution in [3.8, 4) is 22.6 Å². The maximum absolute atomic E-state index is 14.2. The Morgan fingerprint density at radius 2 is 1.92 bits per heavy atom. The number of halogens is 2. The van der Waals surface area contributed by atoms with Gasteiger partial charge in [0.15, 0.2) is 0 Å². The van der Waals surface area contributed by atoms with Gasteiger partial charge in [-0.15, -0.1) is 0 Å². The lowest BCUT2D eigenvalue weighted by atomic mass is 10.0. The van der Waals surface area contributed by atoms with Crippen LogP contribution in [0.3, 0.4) is 0 Å². The first-order valence-corrected chi connectivity index (χ1v) is 13.3. The fraction of sp³-hybridized carbons (Fsp3) is 0.462. The van der Waals surface area contributed by atoms with E-state index in [9.17, 15) is 9.59 Å². The van der Waals surface area contributed by atoms with Crippen LogP contribution in [0.4, 0.5) is 5.95 Å². The maximum atomic E-state index is 14.2. The first kappa shape index (κ1) is 27.4. The van der Waals surface area contributed by atoms with Gasteiger partial charge in [0.2, 0.25) is 11.9 Å². The van der Waals surface area contributed by atoms with E-state index in [-0.39, 0.29) is 45.1 Å². The average molecular weight is 577 g/mol. The molecule has 0 spiro atoms. The van der Waals surface area contributed by atoms with Gasteiger partial charge in [0.25, 0.3) is 5.56 Å². The van der Waals surface area contributed by atoms with Crippen LogP contribution in [0, 0.1) is 5.92 Å². The van der Waals surface area contributed by atoms with Gasteiger partial charge < -0.3 is 30.2 Å². The molecule has 208 valence electrons. The lowest BCUT2D eigenvalue weighted by Crippen LogP contribution is -2.39. The van der Waals surface area contributed by atoms with Crippen LogP contribution < -0.4 is 26.1 Å². The molecule has 2 aromatic heterocycles. The van der Waals surface area contributed by atoms with Crippen LogP contribution in [0.25, 0.3) is 22.2 Å². The van der Waals surface area contributed by atoms with Gasteiger partial charge in [-0.3, -0.25) is 14.2 Å². The van der Waals surface area contributed by atoms with Gasteiger partial charge in [0.05, 0.1) is 55.1 Å². The van der Waals surface area contributed by atoms with Gasteiger partial charge >= 0.3 is 0 Å². The molecule has 11 nitrogen and oxygen atoms in total. The number of ether oxygens (including phenoxy) is 3. The topological polar surface area (TPSA) is 134 Å². The van der Waals surface area contributed by atoms with Crippen molar-refractivity contribution in [1.29, 1.82) is 0 Å². The number of rotatable bonds is 7. The zero-order valence-corrected chi connectivity index (χ0v) is 23.4. The number of nitrogens with one attached hydrogen (secondary N) is 1. The van der Waals surface area contributed by atoms with Crippen molar-refractivity contribution in [3.63, 3.8) is 0 Å². The molecule has 3 aromatic rings. The third-order valence-electron chi connectivity index (χ3n) is 7.28. The molecular weight excluding hydrogens is 547 g/mol. The third kappa shape index (κ3) is 5.23. The fourth-order valence-corrected chi connectivity index (χ4v) is 5.81. The number of nitrogens with two attached hydrogens (primary N) is 1. The molecule has 2 aliphatic rings. The Morgan fingerprint density at radius 1 is 1.21 bits per heavy atom. The molecule has 39 heavy (non-hydrogen) atoms. The summed E-state index contributed by atoms with van der Waals surface area (Å²) in [6, 6.07) is 2.89. The van der Waals surface area contributed by atoms with Gasteiger partial charge in [-0.1, -0.05) is 23.2 Å². The molecule has 3 atom stereocenters. The number of likely N-dealkylation sites (tertiary alicyclic amines) is 1. The van der Waals surface area contributed by atoms with Crippen LogP contribution in [0.2, 0.25) is 10.0 Å². The molecule has 5 rings (SSSR count). The number of fused-ring (bicyclic) bond motifs is 1. The number of hydrogen-bond acceptors (Lipinski definition) is 9. The molecule has 1 aromatic carbocycles. The number of hydrogen-bond donors (Lipinski definition) is 2. The minimum absolute atomic E-state index is 0.00873. The Balaban J connectivity index is 1.67. The van der Waals surface area contributed by atoms with Crippen molar-refractivity contribution in [2.75, 3.05) is 45.8 Å². The standard InChI is InChI=1S/C26H30Cl2N6O5/c1-13(35)33-5-4-14(9-33)10-34-24-15(8-30-26(32-24)31-18-12-39-11-17(18)29)6-16(25(34)36)21-22(27)19(37-2)7-20(38-3)23(21)28/h6-8,14,17-18H,4-5,9-12,29H2,1-3H3,(H,30,31,32). The summed E-state index contributed by atoms with van der Waals surface area (Å²) in [6.07, 6.45) is 2.40. The smallest absolute Gasteiger partial charge is 0.260 e. The van der Waals surface area contributed by atoms with Crippen LogP contribution in [0.1, 0.15) is 13.3 Å². The Morgan fingerprint density at radius 3 is 2.51 bits per heavy atom. The minimum Gasteiger partial charge on any atom is -0.495 e. The summed E-state index contributed by atoms with van der Waals surface area (Å²) in [5.74, 6) is 1.04. The van der Waals surface area contributed by atoms with Crippen LogP contribution in [-0.4, -0.2) is 77.9 Å². The van der Waals surface area contributed by atoms with E-state index in [4.69, 9.17) is 48.1 Å². The van der Waals surface area contributed by atoms with Crippen LogP contribution in [-0.2, 0) is 16.1 Å². The highest BCUT2D eigenvalue weighted by atomic mass is 35.5. The lowest BCUT2D eigenvalue weighted by molar-refractivity contribution is -0.127. The van der Waals surface area contributed by atoms with Crippen molar-refractivity contribution in [3.05, 3.63) is 38.7 Å². The molecule has 4 heterocycles. The predicted molar refractivity (Wildman–Crippen MR) is 149 cm³/mol. The summed E-state index contributed by atoms with van der Waals surface area (Å²) in [6.45, 7) is 3.95. The molecule has 3 N–H and O–H groups in total. The Labute approximate surface area is 235 Å². The zero-order valence-electron chi connectivity index (χ0n) is 21.9. The SMILES string of the molecule is COc1cc(OC)c(Cl)c(-c2cc3cnc(NC4COCC4N)nc3n(CC3CCN(C(C)=O)C3)c2=O)c1Cl. The van der Waals surface area contributed by atoms with E-state index in [0.29, 0.717) is 66.9 Å². The second kappa shape index (κ2) is 11.2. The number of carbonyl (C=O) groups is 1. The fourth-order valence-electron chi connectivity index (χ4n) is 5.11. The second-order valence-corrected chi connectivity index (χ2v) is 10.6. The van der Waals surface area contributed by atoms with E-state index in [1.165, 1.54) is 14.2 Å². The Kier molecular flexibility index (Phi) is 7.86. The summed E-state index contributed by atoms with van der Waals surface area (Å²) >= 11 is 13.4. The molecule has 0 bridgehead atoms. The highest BCUT2D eigenvalue weighted by Crippen LogP contribution is 2.45. The average Bonchev–Trinajstić information content (AvgIpc) is 3.56. The third-order valence-corrected chi connectivity index (χ3v) is 8.03. The normalized spacial score (nSPS) is 21.0. The van der Waals surface area contributed by atoms with Crippen LogP contribution in [0.15, 0.2) is 23.1 Å². The number of amides is 1. The molecule has 0 aliphatic carbocycles. The lowest BCUT2D eigenvalue weighted by Gasteiger charge is -2.20. The second-order valence-electron chi connectivity index (χ2n) is 9.80. The number of carbonyl (C=O) groups excluding carboxylic acids is 1. The zero-order chi connectivity index (χ0) is 27.8. The van der Waals surface area contributed by atoms with Crippen molar-refractivity contribution < 1.29 is 19.0 Å². The van der Waals surface area contributed by atoms with Crippen molar-refractivity contribution in [2.24, 2.45) is 11.7 Å². The first-order chi connectivity index (χ1) is 18.7. The highest BCUT2D eigenvalue weighted by molar-refractivity contribution is 6.41. The quantitative estimate of drug-likeness (QED) is 0.435. The number of methoxy groups -OCH3 is 2. The van der Waals surface area contributed by atoms with E-state index < -0.39 is 0 Å². The molecule has 0 saturated carbocycles. The van der Waals surface area contributed by atoms with E-state index in [1.54, 1.807) is 34.7 Å². The monoisotopic (exact) mass is 576 g/mol. The van der Waals surface area contributed by atoms with E-state index >= 15 is 0 Å². The molecule has 1 amide bonds. The van der Waals surface area contributed by atoms with Gasteiger partial charge in [0, 0.05) is 49.8 Å². The van der Waals surface area contributed by atoms with Crippen molar-refractivity contribution in [1.82, 2.24) is 19.4 Å². The largest absolute Gasteiger partial charge is 0.495 e. The Bertz CT molecular complexity index is 1450. The van der Waals surface area contributed by atoms with Crippen molar-refractivity contribution in [2.45, 2.75) is 32.0 Å². The van der Waals surface area contributed by atoms with E-state index in [0.717, 1.165) is 6.42 Å². The number of benzene rings is 1. The van der Waals surface area contributed by atoms with E-state index in [1.807, 2.05) is 0 Å². The summed E-state index contributed by atoms with van der Waals surface area (Å²) < 4.78 is 17.9. The molecular formula is C26H30Cl2N6O5. The number of anilines is 1. The van der Waals surface area contributed by atoms with E-state index in [2.05, 4.69) is 10.3 Å². The summed E-state index contributed by atoms with van der Waals surface area (Å²) in [5, 5.41) is 4.20. The number of aromatic nitrogens is 3. The first-order valence-electron chi connectivity index (χ1n) is 12.6. The highest BCUT2D eigenvalue weighted by Gasteiger charge is 2.29. The van der Waals surface area contributed by atoms with Gasteiger partial charge in [0.1, 0.15) is 17.1 Å². The maximum Gasteiger partial charge on any atom is 0.260 e. The molecule has 3 unspecified atom stereocenters. The Hall–Kier alpha value is -3.12. The van der Waals surface area contributed by atoms with Crippen molar-refractivity contribution >= 4 is 46.1 Å². The molecule has 2 saturated heterocycles.